The smallest absolute Gasteiger partial charge is 0.225 e. The molecule has 0 aliphatic carbocycles. The lowest BCUT2D eigenvalue weighted by molar-refractivity contribution is 0.122. The van der Waals surface area contributed by atoms with Gasteiger partial charge in [-0.05, 0) is 0 Å². The number of thiazole rings is 1. The van der Waals surface area contributed by atoms with E-state index >= 15 is 0 Å². The molecule has 8 nitrogen and oxygen atoms in total. The summed E-state index contributed by atoms with van der Waals surface area (Å²) in [6.45, 7) is 2.79. The molecule has 0 bridgehead atoms. The third-order valence-corrected chi connectivity index (χ3v) is 4.71. The second kappa shape index (κ2) is 7.67. The summed E-state index contributed by atoms with van der Waals surface area (Å²) in [6.07, 6.45) is 6.12. The third kappa shape index (κ3) is 3.75. The van der Waals surface area contributed by atoms with Crippen molar-refractivity contribution >= 4 is 23.1 Å². The average molecular weight is 373 g/mol. The summed E-state index contributed by atoms with van der Waals surface area (Å²) >= 11 is 1.49. The van der Waals surface area contributed by atoms with Crippen molar-refractivity contribution in [1.29, 1.82) is 0 Å². The van der Waals surface area contributed by atoms with Gasteiger partial charge in [0, 0.05) is 30.9 Å². The van der Waals surface area contributed by atoms with Crippen LogP contribution in [-0.4, -0.2) is 51.2 Å². The molecule has 0 atom stereocenters. The summed E-state index contributed by atoms with van der Waals surface area (Å²) in [5.41, 5.74) is 1.56. The molecule has 1 fully saturated rings. The Morgan fingerprint density at radius 2 is 2.04 bits per heavy atom. The average Bonchev–Trinajstić information content (AvgIpc) is 3.18. The van der Waals surface area contributed by atoms with Crippen LogP contribution in [0.15, 0.2) is 30.2 Å². The van der Waals surface area contributed by atoms with Crippen LogP contribution in [0, 0.1) is 5.82 Å². The quantitative estimate of drug-likeness (QED) is 0.726. The molecule has 10 heteroatoms. The topological polar surface area (TPSA) is 89.0 Å². The lowest BCUT2D eigenvalue weighted by atomic mass is 10.4. The van der Waals surface area contributed by atoms with Gasteiger partial charge in [-0.15, -0.1) is 11.3 Å². The minimum absolute atomic E-state index is 0.296. The highest BCUT2D eigenvalue weighted by Crippen LogP contribution is 2.22. The molecular weight excluding hydrogens is 357 g/mol. The van der Waals surface area contributed by atoms with Gasteiger partial charge in [-0.25, -0.2) is 14.4 Å². The number of hydrogen-bond acceptors (Lipinski definition) is 9. The Labute approximate surface area is 153 Å². The van der Waals surface area contributed by atoms with Crippen molar-refractivity contribution < 1.29 is 9.13 Å². The maximum absolute atomic E-state index is 14.0. The van der Waals surface area contributed by atoms with Crippen LogP contribution in [0.5, 0.6) is 0 Å². The van der Waals surface area contributed by atoms with Crippen LogP contribution in [0.25, 0.3) is 10.7 Å². The maximum Gasteiger partial charge on any atom is 0.225 e. The minimum Gasteiger partial charge on any atom is -0.378 e. The first-order chi connectivity index (χ1) is 12.8. The number of hydrogen-bond donors (Lipinski definition) is 1. The molecule has 4 rings (SSSR count). The molecule has 0 amide bonds. The second-order valence-corrected chi connectivity index (χ2v) is 6.41. The standard InChI is InChI=1S/C16H16FN7OS/c17-12-8-21-16(23-14(12)24-3-5-25-6-4-24)20-7-11-10-26-15(22-11)13-9-18-1-2-19-13/h1-2,8-10H,3-7H2,(H,20,21,23). The molecule has 1 aliphatic rings. The molecule has 0 saturated carbocycles. The predicted molar refractivity (Wildman–Crippen MR) is 95.5 cm³/mol. The molecular formula is C16H16FN7OS. The molecule has 0 radical (unpaired) electrons. The molecule has 1 aliphatic heterocycles. The Kier molecular flexibility index (Phi) is 4.93. The van der Waals surface area contributed by atoms with Gasteiger partial charge in [0.15, 0.2) is 11.6 Å². The number of anilines is 2. The number of aromatic nitrogens is 5. The summed E-state index contributed by atoms with van der Waals surface area (Å²) in [4.78, 5) is 23.0. The van der Waals surface area contributed by atoms with E-state index in [-0.39, 0.29) is 0 Å². The summed E-state index contributed by atoms with van der Waals surface area (Å²) in [6, 6.07) is 0. The van der Waals surface area contributed by atoms with Gasteiger partial charge in [-0.2, -0.15) is 4.98 Å². The van der Waals surface area contributed by atoms with Crippen LogP contribution in [0.4, 0.5) is 16.2 Å². The van der Waals surface area contributed by atoms with E-state index in [0.29, 0.717) is 44.6 Å². The molecule has 3 aromatic heterocycles. The van der Waals surface area contributed by atoms with Crippen molar-refractivity contribution in [2.75, 3.05) is 36.5 Å². The van der Waals surface area contributed by atoms with E-state index in [0.717, 1.165) is 16.4 Å². The molecule has 0 aromatic carbocycles. The first-order valence-electron chi connectivity index (χ1n) is 8.09. The van der Waals surface area contributed by atoms with Gasteiger partial charge in [-0.1, -0.05) is 0 Å². The summed E-state index contributed by atoms with van der Waals surface area (Å²) in [5, 5.41) is 5.82. The third-order valence-electron chi connectivity index (χ3n) is 3.80. The molecule has 1 saturated heterocycles. The number of ether oxygens (including phenoxy) is 1. The molecule has 3 aromatic rings. The maximum atomic E-state index is 14.0. The summed E-state index contributed by atoms with van der Waals surface area (Å²) in [5.74, 6) is 0.224. The normalized spacial score (nSPS) is 14.4. The second-order valence-electron chi connectivity index (χ2n) is 5.55. The fourth-order valence-electron chi connectivity index (χ4n) is 2.53. The van der Waals surface area contributed by atoms with E-state index in [9.17, 15) is 4.39 Å². The van der Waals surface area contributed by atoms with E-state index in [1.807, 2.05) is 10.3 Å². The van der Waals surface area contributed by atoms with Crippen LogP contribution in [0.1, 0.15) is 5.69 Å². The van der Waals surface area contributed by atoms with Crippen molar-refractivity contribution in [2.45, 2.75) is 6.54 Å². The van der Waals surface area contributed by atoms with Crippen molar-refractivity contribution in [1.82, 2.24) is 24.9 Å². The summed E-state index contributed by atoms with van der Waals surface area (Å²) < 4.78 is 19.3. The van der Waals surface area contributed by atoms with Gasteiger partial charge in [0.1, 0.15) is 10.7 Å². The summed E-state index contributed by atoms with van der Waals surface area (Å²) in [7, 11) is 0. The Hall–Kier alpha value is -2.72. The van der Waals surface area contributed by atoms with Gasteiger partial charge < -0.3 is 15.0 Å². The first kappa shape index (κ1) is 16.7. The number of rotatable bonds is 5. The SMILES string of the molecule is Fc1cnc(NCc2csc(-c3cnccn3)n2)nc1N1CCOCC1. The molecule has 4 heterocycles. The fourth-order valence-corrected chi connectivity index (χ4v) is 3.30. The molecule has 134 valence electrons. The van der Waals surface area contributed by atoms with E-state index in [4.69, 9.17) is 4.74 Å². The van der Waals surface area contributed by atoms with E-state index < -0.39 is 5.82 Å². The first-order valence-corrected chi connectivity index (χ1v) is 8.97. The zero-order valence-corrected chi connectivity index (χ0v) is 14.6. The zero-order valence-electron chi connectivity index (χ0n) is 13.8. The van der Waals surface area contributed by atoms with Crippen molar-refractivity contribution in [3.8, 4) is 10.7 Å². The van der Waals surface area contributed by atoms with Gasteiger partial charge >= 0.3 is 0 Å². The van der Waals surface area contributed by atoms with Crippen molar-refractivity contribution in [2.24, 2.45) is 0 Å². The number of nitrogens with zero attached hydrogens (tertiary/aromatic N) is 6. The Morgan fingerprint density at radius 3 is 2.85 bits per heavy atom. The van der Waals surface area contributed by atoms with Crippen LogP contribution in [0.2, 0.25) is 0 Å². The van der Waals surface area contributed by atoms with Crippen molar-refractivity contribution in [3.05, 3.63) is 41.7 Å². The highest BCUT2D eigenvalue weighted by atomic mass is 32.1. The van der Waals surface area contributed by atoms with Crippen LogP contribution in [0.3, 0.4) is 0 Å². The van der Waals surface area contributed by atoms with Gasteiger partial charge in [0.25, 0.3) is 0 Å². The van der Waals surface area contributed by atoms with E-state index in [1.165, 1.54) is 17.5 Å². The predicted octanol–water partition coefficient (Wildman–Crippen LogP) is 1.98. The Balaban J connectivity index is 1.44. The van der Waals surface area contributed by atoms with Crippen LogP contribution >= 0.6 is 11.3 Å². The highest BCUT2D eigenvalue weighted by molar-refractivity contribution is 7.13. The van der Waals surface area contributed by atoms with Gasteiger partial charge in [-0.3, -0.25) is 9.97 Å². The molecule has 1 N–H and O–H groups in total. The van der Waals surface area contributed by atoms with E-state index in [2.05, 4.69) is 30.2 Å². The lowest BCUT2D eigenvalue weighted by Crippen LogP contribution is -2.37. The Morgan fingerprint density at radius 1 is 1.15 bits per heavy atom. The zero-order chi connectivity index (χ0) is 17.8. The minimum atomic E-state index is -0.434. The van der Waals surface area contributed by atoms with Gasteiger partial charge in [0.05, 0.1) is 37.8 Å². The largest absolute Gasteiger partial charge is 0.378 e. The fraction of sp³-hybridized carbons (Fsp3) is 0.312. The molecule has 26 heavy (non-hydrogen) atoms. The van der Waals surface area contributed by atoms with Gasteiger partial charge in [0.2, 0.25) is 5.95 Å². The number of nitrogens with one attached hydrogen (secondary N) is 1. The highest BCUT2D eigenvalue weighted by Gasteiger charge is 2.18. The molecule has 0 unspecified atom stereocenters. The van der Waals surface area contributed by atoms with Crippen LogP contribution in [-0.2, 0) is 11.3 Å². The number of morpholine rings is 1. The monoisotopic (exact) mass is 373 g/mol. The van der Waals surface area contributed by atoms with Crippen LogP contribution < -0.4 is 10.2 Å². The lowest BCUT2D eigenvalue weighted by Gasteiger charge is -2.28. The Bertz CT molecular complexity index is 870. The molecule has 0 spiro atoms. The van der Waals surface area contributed by atoms with E-state index in [1.54, 1.807) is 18.6 Å². The number of halogens is 1. The van der Waals surface area contributed by atoms with Crippen molar-refractivity contribution in [3.63, 3.8) is 0 Å².